The summed E-state index contributed by atoms with van der Waals surface area (Å²) in [7, 11) is 0. The Kier molecular flexibility index (Phi) is 4.15. The average Bonchev–Trinajstić information content (AvgIpc) is 2.84. The summed E-state index contributed by atoms with van der Waals surface area (Å²) in [5.74, 6) is -2.01. The van der Waals surface area contributed by atoms with Crippen LogP contribution in [0.3, 0.4) is 0 Å². The molecule has 1 heterocycles. The minimum atomic E-state index is -4.96. The highest BCUT2D eigenvalue weighted by atomic mass is 19.4. The Morgan fingerprint density at radius 2 is 2.00 bits per heavy atom. The standard InChI is InChI=1S/C17H19F3N2O2/c1-11-6-8-12(9-7-11)10-15(23)22-16(24,17(18,19)20)13-4-2-3-5-14(13)21-22/h6-9,13,24H,2-5,10H2,1H3. The number of fused-ring (bicyclic) bond motifs is 1. The van der Waals surface area contributed by atoms with E-state index >= 15 is 0 Å². The molecule has 1 aromatic carbocycles. The third-order valence-corrected chi connectivity index (χ3v) is 4.74. The lowest BCUT2D eigenvalue weighted by molar-refractivity contribution is -0.317. The molecule has 2 aliphatic rings. The van der Waals surface area contributed by atoms with Gasteiger partial charge in [-0.15, -0.1) is 0 Å². The van der Waals surface area contributed by atoms with Gasteiger partial charge in [0.2, 0.25) is 5.91 Å². The second-order valence-electron chi connectivity index (χ2n) is 6.48. The Morgan fingerprint density at radius 3 is 2.62 bits per heavy atom. The van der Waals surface area contributed by atoms with Crippen molar-refractivity contribution >= 4 is 11.6 Å². The summed E-state index contributed by atoms with van der Waals surface area (Å²) in [6, 6.07) is 6.95. The van der Waals surface area contributed by atoms with E-state index in [1.807, 2.05) is 6.92 Å². The molecular formula is C17H19F3N2O2. The molecule has 0 bridgehead atoms. The highest BCUT2D eigenvalue weighted by molar-refractivity contribution is 5.93. The maximum atomic E-state index is 13.6. The molecule has 1 N–H and O–H groups in total. The van der Waals surface area contributed by atoms with Crippen molar-refractivity contribution in [3.05, 3.63) is 35.4 Å². The van der Waals surface area contributed by atoms with Gasteiger partial charge in [0, 0.05) is 5.71 Å². The van der Waals surface area contributed by atoms with Crippen molar-refractivity contribution in [2.24, 2.45) is 11.0 Å². The Hall–Kier alpha value is -1.89. The van der Waals surface area contributed by atoms with E-state index in [0.29, 0.717) is 18.4 Å². The van der Waals surface area contributed by atoms with Gasteiger partial charge in [-0.3, -0.25) is 4.79 Å². The largest absolute Gasteiger partial charge is 0.439 e. The van der Waals surface area contributed by atoms with Crippen LogP contribution in [-0.4, -0.2) is 33.6 Å². The fraction of sp³-hybridized carbons (Fsp3) is 0.529. The number of carbonyl (C=O) groups excluding carboxylic acids is 1. The monoisotopic (exact) mass is 340 g/mol. The molecule has 1 aromatic rings. The summed E-state index contributed by atoms with van der Waals surface area (Å²) in [6.45, 7) is 1.88. The van der Waals surface area contributed by atoms with Gasteiger partial charge in [-0.05, 0) is 31.7 Å². The molecule has 1 aliphatic carbocycles. The number of alkyl halides is 3. The lowest BCUT2D eigenvalue weighted by Crippen LogP contribution is -2.61. The van der Waals surface area contributed by atoms with Gasteiger partial charge in [0.25, 0.3) is 5.72 Å². The number of hydrogen-bond acceptors (Lipinski definition) is 3. The molecule has 3 rings (SSSR count). The molecule has 1 aliphatic heterocycles. The topological polar surface area (TPSA) is 52.9 Å². The van der Waals surface area contributed by atoms with Crippen molar-refractivity contribution in [2.75, 3.05) is 0 Å². The Balaban J connectivity index is 1.90. The zero-order valence-corrected chi connectivity index (χ0v) is 13.3. The van der Waals surface area contributed by atoms with E-state index in [1.54, 1.807) is 24.3 Å². The number of benzene rings is 1. The predicted molar refractivity (Wildman–Crippen MR) is 82.1 cm³/mol. The molecule has 1 fully saturated rings. The van der Waals surface area contributed by atoms with Gasteiger partial charge in [-0.25, -0.2) is 0 Å². The second kappa shape index (κ2) is 5.88. The first-order valence-electron chi connectivity index (χ1n) is 7.98. The molecule has 2 unspecified atom stereocenters. The maximum Gasteiger partial charge on any atom is 0.439 e. The number of carbonyl (C=O) groups is 1. The number of aliphatic hydroxyl groups is 1. The first-order chi connectivity index (χ1) is 11.2. The summed E-state index contributed by atoms with van der Waals surface area (Å²) < 4.78 is 40.8. The second-order valence-corrected chi connectivity index (χ2v) is 6.48. The molecule has 0 spiro atoms. The van der Waals surface area contributed by atoms with Crippen molar-refractivity contribution in [1.82, 2.24) is 5.01 Å². The predicted octanol–water partition coefficient (Wildman–Crippen LogP) is 3.18. The van der Waals surface area contributed by atoms with E-state index in [-0.39, 0.29) is 23.6 Å². The highest BCUT2D eigenvalue weighted by Gasteiger charge is 2.68. The van der Waals surface area contributed by atoms with Gasteiger partial charge >= 0.3 is 6.18 Å². The summed E-state index contributed by atoms with van der Waals surface area (Å²) >= 11 is 0. The number of amides is 1. The molecule has 1 saturated carbocycles. The Labute approximate surface area is 138 Å². The van der Waals surface area contributed by atoms with Gasteiger partial charge < -0.3 is 5.11 Å². The van der Waals surface area contributed by atoms with Crippen LogP contribution >= 0.6 is 0 Å². The lowest BCUT2D eigenvalue weighted by atomic mass is 9.80. The van der Waals surface area contributed by atoms with Crippen LogP contribution in [0.4, 0.5) is 13.2 Å². The molecule has 24 heavy (non-hydrogen) atoms. The Morgan fingerprint density at radius 1 is 1.33 bits per heavy atom. The van der Waals surface area contributed by atoms with E-state index in [1.165, 1.54) is 0 Å². The number of aryl methyl sites for hydroxylation is 1. The van der Waals surface area contributed by atoms with Crippen LogP contribution in [0.1, 0.15) is 36.8 Å². The zero-order valence-electron chi connectivity index (χ0n) is 13.3. The van der Waals surface area contributed by atoms with Gasteiger partial charge in [0.05, 0.1) is 12.3 Å². The normalized spacial score (nSPS) is 27.0. The van der Waals surface area contributed by atoms with Crippen LogP contribution in [0.2, 0.25) is 0 Å². The molecule has 0 radical (unpaired) electrons. The molecule has 0 aromatic heterocycles. The summed E-state index contributed by atoms with van der Waals surface area (Å²) in [4.78, 5) is 12.5. The van der Waals surface area contributed by atoms with E-state index in [0.717, 1.165) is 12.0 Å². The molecule has 0 saturated heterocycles. The molecular weight excluding hydrogens is 321 g/mol. The quantitative estimate of drug-likeness (QED) is 0.899. The molecule has 7 heteroatoms. The lowest BCUT2D eigenvalue weighted by Gasteiger charge is -2.38. The van der Waals surface area contributed by atoms with Crippen LogP contribution in [0.5, 0.6) is 0 Å². The minimum absolute atomic E-state index is 0.184. The Bertz CT molecular complexity index is 669. The smallest absolute Gasteiger partial charge is 0.362 e. The van der Waals surface area contributed by atoms with Crippen LogP contribution in [0.15, 0.2) is 29.4 Å². The zero-order chi connectivity index (χ0) is 17.5. The maximum absolute atomic E-state index is 13.6. The van der Waals surface area contributed by atoms with Crippen molar-refractivity contribution in [3.8, 4) is 0 Å². The molecule has 2 atom stereocenters. The number of hydrogen-bond donors (Lipinski definition) is 1. The fourth-order valence-corrected chi connectivity index (χ4v) is 3.42. The number of nitrogens with zero attached hydrogens (tertiary/aromatic N) is 2. The van der Waals surface area contributed by atoms with Crippen molar-refractivity contribution in [1.29, 1.82) is 0 Å². The van der Waals surface area contributed by atoms with E-state index in [4.69, 9.17) is 0 Å². The third-order valence-electron chi connectivity index (χ3n) is 4.74. The van der Waals surface area contributed by atoms with Gasteiger partial charge in [-0.2, -0.15) is 23.3 Å². The average molecular weight is 340 g/mol. The summed E-state index contributed by atoms with van der Waals surface area (Å²) in [5, 5.41) is 14.6. The van der Waals surface area contributed by atoms with Crippen molar-refractivity contribution < 1.29 is 23.1 Å². The van der Waals surface area contributed by atoms with Crippen LogP contribution in [0, 0.1) is 12.8 Å². The van der Waals surface area contributed by atoms with Crippen molar-refractivity contribution in [3.63, 3.8) is 0 Å². The highest BCUT2D eigenvalue weighted by Crippen LogP contribution is 2.48. The first-order valence-corrected chi connectivity index (χ1v) is 7.98. The molecule has 130 valence electrons. The summed E-state index contributed by atoms with van der Waals surface area (Å²) in [6.07, 6.45) is -3.31. The van der Waals surface area contributed by atoms with Gasteiger partial charge in [-0.1, -0.05) is 36.2 Å². The number of halogens is 3. The molecule has 1 amide bonds. The van der Waals surface area contributed by atoms with Gasteiger partial charge in [0.15, 0.2) is 0 Å². The summed E-state index contributed by atoms with van der Waals surface area (Å²) in [5.41, 5.74) is -1.38. The SMILES string of the molecule is Cc1ccc(CC(=O)N2N=C3CCCCC3C2(O)C(F)(F)F)cc1. The third kappa shape index (κ3) is 2.70. The van der Waals surface area contributed by atoms with Crippen LogP contribution < -0.4 is 0 Å². The fourth-order valence-electron chi connectivity index (χ4n) is 3.42. The van der Waals surface area contributed by atoms with E-state index < -0.39 is 23.7 Å². The first kappa shape index (κ1) is 17.0. The van der Waals surface area contributed by atoms with Crippen molar-refractivity contribution in [2.45, 2.75) is 50.9 Å². The van der Waals surface area contributed by atoms with E-state index in [2.05, 4.69) is 5.10 Å². The minimum Gasteiger partial charge on any atom is -0.362 e. The molecule has 4 nitrogen and oxygen atoms in total. The van der Waals surface area contributed by atoms with Crippen LogP contribution in [-0.2, 0) is 11.2 Å². The van der Waals surface area contributed by atoms with Crippen LogP contribution in [0.25, 0.3) is 0 Å². The number of rotatable bonds is 2. The number of hydrazone groups is 1. The van der Waals surface area contributed by atoms with Gasteiger partial charge in [0.1, 0.15) is 0 Å². The van der Waals surface area contributed by atoms with E-state index in [9.17, 15) is 23.1 Å².